The SMILES string of the molecule is CC(C)c1cc(-c2ccccc2)cc(C(C)C)c1-c1cc(-c2cc(-c3[c-][n+](C)cc(-c4c(C(C)C)cc(-c5ccccc5)cc4C(C)C)c3)cc(C(C)(C)C)c2)nc(-c2cc(C(C)(C)C)cc(C(C)(C)C)c2O)c1. The van der Waals surface area contributed by atoms with Gasteiger partial charge in [0.2, 0.25) is 0 Å². The van der Waals surface area contributed by atoms with E-state index in [4.69, 9.17) is 4.98 Å². The zero-order chi connectivity index (χ0) is 53.8. The van der Waals surface area contributed by atoms with Crippen molar-refractivity contribution in [3.63, 3.8) is 0 Å². The molecule has 0 amide bonds. The molecule has 3 heteroatoms. The Morgan fingerprint density at radius 3 is 1.30 bits per heavy atom. The number of phenols is 1. The van der Waals surface area contributed by atoms with Crippen LogP contribution in [0.15, 0.2) is 140 Å². The Morgan fingerprint density at radius 1 is 0.419 bits per heavy atom. The molecule has 0 unspecified atom stereocenters. The van der Waals surface area contributed by atoms with Crippen molar-refractivity contribution in [2.75, 3.05) is 0 Å². The summed E-state index contributed by atoms with van der Waals surface area (Å²) < 4.78 is 2.11. The van der Waals surface area contributed by atoms with Gasteiger partial charge < -0.3 is 5.11 Å². The molecule has 0 bridgehead atoms. The molecule has 0 radical (unpaired) electrons. The number of phenolic OH excluding ortho intramolecular Hbond substituents is 1. The van der Waals surface area contributed by atoms with Gasteiger partial charge in [0.25, 0.3) is 0 Å². The van der Waals surface area contributed by atoms with Crippen molar-refractivity contribution in [1.29, 1.82) is 0 Å². The average Bonchev–Trinajstić information content (AvgIpc) is 3.34. The van der Waals surface area contributed by atoms with Crippen LogP contribution in [0.2, 0.25) is 0 Å². The summed E-state index contributed by atoms with van der Waals surface area (Å²) in [5, 5.41) is 12.6. The number of rotatable bonds is 11. The van der Waals surface area contributed by atoms with Gasteiger partial charge in [-0.2, -0.15) is 0 Å². The first-order valence-electron chi connectivity index (χ1n) is 27.2. The molecule has 0 fully saturated rings. The molecule has 382 valence electrons. The normalized spacial score (nSPS) is 12.5. The fraction of sp³-hybridized carbons (Fsp3) is 0.352. The van der Waals surface area contributed by atoms with Crippen molar-refractivity contribution in [1.82, 2.24) is 4.98 Å². The van der Waals surface area contributed by atoms with E-state index in [-0.39, 0.29) is 33.8 Å². The first-order chi connectivity index (χ1) is 34.7. The summed E-state index contributed by atoms with van der Waals surface area (Å²) in [6.45, 7) is 38.7. The molecule has 8 aromatic rings. The third kappa shape index (κ3) is 11.2. The Kier molecular flexibility index (Phi) is 15.0. The topological polar surface area (TPSA) is 37.0 Å². The van der Waals surface area contributed by atoms with Gasteiger partial charge in [0, 0.05) is 11.1 Å². The molecule has 0 atom stereocenters. The van der Waals surface area contributed by atoms with Gasteiger partial charge in [0.1, 0.15) is 12.8 Å². The molecule has 0 saturated heterocycles. The average molecular weight is 979 g/mol. The molecule has 0 aliphatic heterocycles. The van der Waals surface area contributed by atoms with Gasteiger partial charge >= 0.3 is 0 Å². The van der Waals surface area contributed by atoms with Crippen molar-refractivity contribution in [3.8, 4) is 83.9 Å². The molecule has 2 heterocycles. The molecule has 0 spiro atoms. The highest BCUT2D eigenvalue weighted by molar-refractivity contribution is 5.86. The van der Waals surface area contributed by atoms with E-state index in [0.29, 0.717) is 11.8 Å². The van der Waals surface area contributed by atoms with Gasteiger partial charge in [-0.25, -0.2) is 4.98 Å². The number of hydrogen-bond donors (Lipinski definition) is 1. The molecular formula is C71H82N2O. The Bertz CT molecular complexity index is 3270. The predicted molar refractivity (Wildman–Crippen MR) is 316 cm³/mol. The molecule has 0 aliphatic rings. The number of pyridine rings is 2. The van der Waals surface area contributed by atoms with Gasteiger partial charge in [-0.1, -0.05) is 244 Å². The van der Waals surface area contributed by atoms with E-state index in [2.05, 4.69) is 275 Å². The van der Waals surface area contributed by atoms with E-state index in [1.54, 1.807) is 0 Å². The van der Waals surface area contributed by atoms with E-state index in [1.165, 1.54) is 66.8 Å². The van der Waals surface area contributed by atoms with E-state index in [1.807, 2.05) is 0 Å². The Balaban J connectivity index is 1.43. The van der Waals surface area contributed by atoms with Crippen LogP contribution in [0.5, 0.6) is 5.75 Å². The minimum absolute atomic E-state index is 0.168. The second-order valence-electron chi connectivity index (χ2n) is 25.4. The van der Waals surface area contributed by atoms with Crippen molar-refractivity contribution < 1.29 is 9.67 Å². The molecular weight excluding hydrogens is 897 g/mol. The lowest BCUT2D eigenvalue weighted by atomic mass is 9.78. The summed E-state index contributed by atoms with van der Waals surface area (Å²) in [5.41, 5.74) is 23.2. The summed E-state index contributed by atoms with van der Waals surface area (Å²) in [4.78, 5) is 5.68. The fourth-order valence-corrected chi connectivity index (χ4v) is 10.6. The van der Waals surface area contributed by atoms with Gasteiger partial charge in [-0.05, 0) is 136 Å². The van der Waals surface area contributed by atoms with Gasteiger partial charge in [-0.3, -0.25) is 4.57 Å². The highest BCUT2D eigenvalue weighted by Crippen LogP contribution is 2.47. The molecule has 0 aliphatic carbocycles. The summed E-state index contributed by atoms with van der Waals surface area (Å²) in [6.07, 6.45) is 6.02. The smallest absolute Gasteiger partial charge is 0.153 e. The Labute approximate surface area is 445 Å². The highest BCUT2D eigenvalue weighted by Gasteiger charge is 2.28. The first-order valence-corrected chi connectivity index (χ1v) is 27.2. The lowest BCUT2D eigenvalue weighted by Gasteiger charge is -2.28. The van der Waals surface area contributed by atoms with Crippen molar-refractivity contribution in [2.45, 2.75) is 158 Å². The van der Waals surface area contributed by atoms with Crippen LogP contribution in [-0.2, 0) is 23.3 Å². The second-order valence-corrected chi connectivity index (χ2v) is 25.4. The summed E-state index contributed by atoms with van der Waals surface area (Å²) in [7, 11) is 2.10. The number of aryl methyl sites for hydroxylation is 1. The molecule has 0 saturated carbocycles. The zero-order valence-corrected chi connectivity index (χ0v) is 47.9. The van der Waals surface area contributed by atoms with E-state index >= 15 is 0 Å². The van der Waals surface area contributed by atoms with Crippen molar-refractivity contribution >= 4 is 0 Å². The lowest BCUT2D eigenvalue weighted by molar-refractivity contribution is -0.674. The lowest BCUT2D eigenvalue weighted by Crippen LogP contribution is -2.28. The van der Waals surface area contributed by atoms with Gasteiger partial charge in [0.05, 0.1) is 17.6 Å². The first kappa shape index (κ1) is 53.7. The van der Waals surface area contributed by atoms with Crippen LogP contribution in [0.25, 0.3) is 78.1 Å². The maximum atomic E-state index is 12.6. The number of hydrogen-bond acceptors (Lipinski definition) is 2. The van der Waals surface area contributed by atoms with Crippen LogP contribution < -0.4 is 4.57 Å². The minimum Gasteiger partial charge on any atom is -0.507 e. The summed E-state index contributed by atoms with van der Waals surface area (Å²) in [6, 6.07) is 49.5. The number of benzene rings is 6. The Morgan fingerprint density at radius 2 is 0.851 bits per heavy atom. The maximum Gasteiger partial charge on any atom is 0.153 e. The predicted octanol–water partition coefficient (Wildman–Crippen LogP) is 19.5. The number of nitrogens with zero attached hydrogens (tertiary/aromatic N) is 2. The molecule has 2 aromatic heterocycles. The number of aromatic hydroxyl groups is 1. The monoisotopic (exact) mass is 979 g/mol. The van der Waals surface area contributed by atoms with Crippen LogP contribution in [0.4, 0.5) is 0 Å². The quantitative estimate of drug-likeness (QED) is 0.104. The zero-order valence-electron chi connectivity index (χ0n) is 47.9. The largest absolute Gasteiger partial charge is 0.507 e. The molecule has 3 nitrogen and oxygen atoms in total. The molecule has 1 N–H and O–H groups in total. The Hall–Kier alpha value is -6.58. The summed E-state index contributed by atoms with van der Waals surface area (Å²) >= 11 is 0. The van der Waals surface area contributed by atoms with E-state index in [0.717, 1.165) is 50.3 Å². The van der Waals surface area contributed by atoms with Crippen LogP contribution in [0.3, 0.4) is 0 Å². The van der Waals surface area contributed by atoms with E-state index < -0.39 is 0 Å². The van der Waals surface area contributed by atoms with Gasteiger partial charge in [-0.15, -0.1) is 6.07 Å². The van der Waals surface area contributed by atoms with Crippen molar-refractivity contribution in [3.05, 3.63) is 185 Å². The van der Waals surface area contributed by atoms with Crippen LogP contribution >= 0.6 is 0 Å². The van der Waals surface area contributed by atoms with Crippen LogP contribution in [-0.4, -0.2) is 10.1 Å². The third-order valence-corrected chi connectivity index (χ3v) is 14.9. The third-order valence-electron chi connectivity index (χ3n) is 14.9. The number of aromatic nitrogens is 2. The highest BCUT2D eigenvalue weighted by atomic mass is 16.3. The molecule has 74 heavy (non-hydrogen) atoms. The van der Waals surface area contributed by atoms with Crippen LogP contribution in [0, 0.1) is 6.20 Å². The minimum atomic E-state index is -0.309. The standard InChI is InChI=1S/C71H82N2O/c1-43(2)58-33-50(47-25-21-19-22-26-47)34-59(44(3)4)66(58)53-37-64(72-65(38-53)62-39-57(70(12,13)14)40-63(68(62)74)71(15,16)17)52-29-49(31-56(32-52)69(9,10)11)54-30-55(42-73(18)41-54)67-60(45(5)6)35-51(36-61(67)46(7)8)48-27-23-20-24-28-48/h19-40,42-46,74H,1-18H3. The second kappa shape index (κ2) is 20.6. The summed E-state index contributed by atoms with van der Waals surface area (Å²) in [5.74, 6) is 1.36. The molecule has 6 aromatic carbocycles. The maximum absolute atomic E-state index is 12.6. The van der Waals surface area contributed by atoms with Crippen LogP contribution in [0.1, 0.15) is 180 Å². The molecule has 8 rings (SSSR count). The fourth-order valence-electron chi connectivity index (χ4n) is 10.6. The van der Waals surface area contributed by atoms with Gasteiger partial charge in [0.15, 0.2) is 6.20 Å². The van der Waals surface area contributed by atoms with E-state index in [9.17, 15) is 5.11 Å². The van der Waals surface area contributed by atoms with Crippen molar-refractivity contribution in [2.24, 2.45) is 7.05 Å².